The lowest BCUT2D eigenvalue weighted by Gasteiger charge is -2.35. The fraction of sp³-hybridized carbons (Fsp3) is 0.278. The van der Waals surface area contributed by atoms with Crippen LogP contribution in [-0.4, -0.2) is 29.3 Å². The van der Waals surface area contributed by atoms with Crippen LogP contribution in [0.5, 0.6) is 0 Å². The Balaban J connectivity index is 1.48. The molecule has 0 aliphatic carbocycles. The molecule has 1 aromatic heterocycles. The van der Waals surface area contributed by atoms with Crippen LogP contribution in [-0.2, 0) is 0 Å². The number of piperidine rings is 1. The summed E-state index contributed by atoms with van der Waals surface area (Å²) in [5.74, 6) is -0.178. The molecule has 0 bridgehead atoms. The molecule has 4 nitrogen and oxygen atoms in total. The van der Waals surface area contributed by atoms with Crippen molar-refractivity contribution in [2.24, 2.45) is 0 Å². The van der Waals surface area contributed by atoms with E-state index >= 15 is 0 Å². The van der Waals surface area contributed by atoms with Crippen molar-refractivity contribution in [1.29, 1.82) is 0 Å². The van der Waals surface area contributed by atoms with Gasteiger partial charge in [-0.15, -0.1) is 0 Å². The standard InChI is InChI=1S/C18H19FN4/c19-14-3-1-5-17(10-14)23-8-2-4-16(12-23)21-15-6-7-18-13(9-15)11-20-22-18/h1,3,5-7,9-11,16,21H,2,4,8,12H2,(H,20,22). The second kappa shape index (κ2) is 5.91. The van der Waals surface area contributed by atoms with Crippen LogP contribution < -0.4 is 10.2 Å². The van der Waals surface area contributed by atoms with Crippen molar-refractivity contribution >= 4 is 22.3 Å². The Morgan fingerprint density at radius 3 is 3.09 bits per heavy atom. The quantitative estimate of drug-likeness (QED) is 0.773. The largest absolute Gasteiger partial charge is 0.381 e. The molecule has 1 unspecified atom stereocenters. The molecule has 0 saturated carbocycles. The third kappa shape index (κ3) is 2.99. The number of fused-ring (bicyclic) bond motifs is 1. The molecule has 23 heavy (non-hydrogen) atoms. The molecule has 1 aliphatic rings. The van der Waals surface area contributed by atoms with E-state index in [2.05, 4.69) is 32.5 Å². The number of nitrogens with zero attached hydrogens (tertiary/aromatic N) is 2. The first-order valence-electron chi connectivity index (χ1n) is 7.98. The van der Waals surface area contributed by atoms with Gasteiger partial charge in [-0.3, -0.25) is 5.10 Å². The zero-order valence-electron chi connectivity index (χ0n) is 12.8. The summed E-state index contributed by atoms with van der Waals surface area (Å²) in [4.78, 5) is 2.25. The molecule has 1 aliphatic heterocycles. The van der Waals surface area contributed by atoms with Crippen molar-refractivity contribution in [2.45, 2.75) is 18.9 Å². The summed E-state index contributed by atoms with van der Waals surface area (Å²) in [6.07, 6.45) is 4.05. The molecule has 1 fully saturated rings. The fourth-order valence-electron chi connectivity index (χ4n) is 3.27. The van der Waals surface area contributed by atoms with Gasteiger partial charge in [0.05, 0.1) is 11.7 Å². The predicted octanol–water partition coefficient (Wildman–Crippen LogP) is 3.78. The van der Waals surface area contributed by atoms with Crippen LogP contribution in [0.4, 0.5) is 15.8 Å². The summed E-state index contributed by atoms with van der Waals surface area (Å²) in [5, 5.41) is 11.7. The molecule has 0 radical (unpaired) electrons. The predicted molar refractivity (Wildman–Crippen MR) is 91.4 cm³/mol. The summed E-state index contributed by atoms with van der Waals surface area (Å²) in [6, 6.07) is 13.4. The molecule has 5 heteroatoms. The topological polar surface area (TPSA) is 44.0 Å². The number of nitrogens with one attached hydrogen (secondary N) is 2. The molecule has 3 aromatic rings. The van der Waals surface area contributed by atoms with Crippen LogP contribution in [0, 0.1) is 5.82 Å². The van der Waals surface area contributed by atoms with Gasteiger partial charge in [-0.1, -0.05) is 6.07 Å². The SMILES string of the molecule is Fc1cccc(N2CCCC(Nc3ccc4[nH]ncc4c3)C2)c1. The number of aromatic amines is 1. The molecule has 118 valence electrons. The van der Waals surface area contributed by atoms with Crippen LogP contribution in [0.3, 0.4) is 0 Å². The lowest BCUT2D eigenvalue weighted by atomic mass is 10.0. The molecule has 1 saturated heterocycles. The minimum Gasteiger partial charge on any atom is -0.381 e. The first-order valence-corrected chi connectivity index (χ1v) is 7.98. The Bertz CT molecular complexity index is 813. The van der Waals surface area contributed by atoms with E-state index < -0.39 is 0 Å². The van der Waals surface area contributed by atoms with Crippen molar-refractivity contribution < 1.29 is 4.39 Å². The number of benzene rings is 2. The summed E-state index contributed by atoms with van der Waals surface area (Å²) < 4.78 is 13.4. The summed E-state index contributed by atoms with van der Waals surface area (Å²) >= 11 is 0. The van der Waals surface area contributed by atoms with Gasteiger partial charge in [0.25, 0.3) is 0 Å². The smallest absolute Gasteiger partial charge is 0.125 e. The fourth-order valence-corrected chi connectivity index (χ4v) is 3.27. The van der Waals surface area contributed by atoms with E-state index in [1.165, 1.54) is 6.07 Å². The third-order valence-electron chi connectivity index (χ3n) is 4.41. The van der Waals surface area contributed by atoms with Gasteiger partial charge in [0.2, 0.25) is 0 Å². The van der Waals surface area contributed by atoms with E-state index in [4.69, 9.17) is 0 Å². The molecule has 1 atom stereocenters. The Labute approximate surface area is 134 Å². The van der Waals surface area contributed by atoms with Crippen LogP contribution in [0.1, 0.15) is 12.8 Å². The van der Waals surface area contributed by atoms with Gasteiger partial charge in [-0.05, 0) is 49.2 Å². The normalized spacial score (nSPS) is 18.3. The van der Waals surface area contributed by atoms with Crippen LogP contribution in [0.2, 0.25) is 0 Å². The average molecular weight is 310 g/mol. The number of aromatic nitrogens is 2. The molecule has 0 spiro atoms. The summed E-state index contributed by atoms with van der Waals surface area (Å²) in [5.41, 5.74) is 3.10. The zero-order chi connectivity index (χ0) is 15.6. The van der Waals surface area contributed by atoms with Crippen molar-refractivity contribution in [3.63, 3.8) is 0 Å². The number of H-pyrrole nitrogens is 1. The molecule has 2 aromatic carbocycles. The molecular weight excluding hydrogens is 291 g/mol. The first kappa shape index (κ1) is 14.1. The zero-order valence-corrected chi connectivity index (χ0v) is 12.8. The van der Waals surface area contributed by atoms with Gasteiger partial charge in [0.1, 0.15) is 5.82 Å². The summed E-state index contributed by atoms with van der Waals surface area (Å²) in [6.45, 7) is 1.86. The van der Waals surface area contributed by atoms with Crippen molar-refractivity contribution in [2.75, 3.05) is 23.3 Å². The second-order valence-corrected chi connectivity index (χ2v) is 6.08. The molecule has 2 N–H and O–H groups in total. The Kier molecular flexibility index (Phi) is 3.61. The first-order chi connectivity index (χ1) is 11.3. The van der Waals surface area contributed by atoms with E-state index in [0.29, 0.717) is 6.04 Å². The van der Waals surface area contributed by atoms with Crippen molar-refractivity contribution in [3.8, 4) is 0 Å². The van der Waals surface area contributed by atoms with Crippen LogP contribution >= 0.6 is 0 Å². The molecule has 0 amide bonds. The maximum absolute atomic E-state index is 13.4. The highest BCUT2D eigenvalue weighted by Crippen LogP contribution is 2.24. The third-order valence-corrected chi connectivity index (χ3v) is 4.41. The van der Waals surface area contributed by atoms with Gasteiger partial charge in [0.15, 0.2) is 0 Å². The van der Waals surface area contributed by atoms with Crippen LogP contribution in [0.15, 0.2) is 48.7 Å². The Morgan fingerprint density at radius 1 is 1.22 bits per heavy atom. The highest BCUT2D eigenvalue weighted by atomic mass is 19.1. The highest BCUT2D eigenvalue weighted by molar-refractivity contribution is 5.81. The maximum Gasteiger partial charge on any atom is 0.125 e. The minimum absolute atomic E-state index is 0.178. The highest BCUT2D eigenvalue weighted by Gasteiger charge is 2.20. The summed E-state index contributed by atoms with van der Waals surface area (Å²) in [7, 11) is 0. The lowest BCUT2D eigenvalue weighted by molar-refractivity contribution is 0.528. The number of halogens is 1. The van der Waals surface area contributed by atoms with E-state index in [9.17, 15) is 4.39 Å². The van der Waals surface area contributed by atoms with E-state index in [1.807, 2.05) is 18.3 Å². The average Bonchev–Trinajstić information content (AvgIpc) is 3.03. The lowest BCUT2D eigenvalue weighted by Crippen LogP contribution is -2.42. The van der Waals surface area contributed by atoms with Gasteiger partial charge in [-0.25, -0.2) is 4.39 Å². The maximum atomic E-state index is 13.4. The van der Waals surface area contributed by atoms with Gasteiger partial charge in [-0.2, -0.15) is 5.10 Å². The Morgan fingerprint density at radius 2 is 2.17 bits per heavy atom. The van der Waals surface area contributed by atoms with Crippen molar-refractivity contribution in [3.05, 3.63) is 54.5 Å². The second-order valence-electron chi connectivity index (χ2n) is 6.08. The van der Waals surface area contributed by atoms with E-state index in [1.54, 1.807) is 12.1 Å². The number of hydrogen-bond donors (Lipinski definition) is 2. The number of rotatable bonds is 3. The number of hydrogen-bond acceptors (Lipinski definition) is 3. The monoisotopic (exact) mass is 310 g/mol. The molecule has 2 heterocycles. The van der Waals surface area contributed by atoms with Gasteiger partial charge < -0.3 is 10.2 Å². The van der Waals surface area contributed by atoms with E-state index in [-0.39, 0.29) is 5.82 Å². The molecule has 4 rings (SSSR count). The van der Waals surface area contributed by atoms with E-state index in [0.717, 1.165) is 48.2 Å². The van der Waals surface area contributed by atoms with Crippen molar-refractivity contribution in [1.82, 2.24) is 10.2 Å². The Hall–Kier alpha value is -2.56. The molecular formula is C18H19FN4. The van der Waals surface area contributed by atoms with Gasteiger partial charge >= 0.3 is 0 Å². The minimum atomic E-state index is -0.178. The number of anilines is 2. The van der Waals surface area contributed by atoms with Crippen LogP contribution in [0.25, 0.3) is 10.9 Å². The van der Waals surface area contributed by atoms with Gasteiger partial charge in [0, 0.05) is 35.9 Å².